The highest BCUT2D eigenvalue weighted by atomic mass is 35.5. The number of rotatable bonds is 7. The molecule has 0 radical (unpaired) electrons. The topological polar surface area (TPSA) is 101 Å². The summed E-state index contributed by atoms with van der Waals surface area (Å²) in [6, 6.07) is 7.06. The fourth-order valence-corrected chi connectivity index (χ4v) is 3.08. The summed E-state index contributed by atoms with van der Waals surface area (Å²) in [6.45, 7) is 2.03. The van der Waals surface area contributed by atoms with Crippen LogP contribution in [0.15, 0.2) is 53.3 Å². The van der Waals surface area contributed by atoms with E-state index in [2.05, 4.69) is 15.3 Å². The molecule has 0 amide bonds. The number of aliphatic hydroxyl groups excluding tert-OH is 1. The standard InChI is InChI=1S/C21H16ClF3N4O3/c1-2-15(27-12-5-3-11(4-6-12)10-29-8-7-26-28-29)16(21(31)32)20(30)13-9-14(23)19(25)17(22)18(13)24/h3-9,30H,2,10H2,1H3,(H,31,32). The van der Waals surface area contributed by atoms with Crippen LogP contribution in [0.3, 0.4) is 0 Å². The maximum absolute atomic E-state index is 14.3. The highest BCUT2D eigenvalue weighted by molar-refractivity contribution is 6.31. The van der Waals surface area contributed by atoms with Gasteiger partial charge in [0, 0.05) is 6.20 Å². The van der Waals surface area contributed by atoms with E-state index in [1.165, 1.54) is 0 Å². The summed E-state index contributed by atoms with van der Waals surface area (Å²) < 4.78 is 43.1. The zero-order valence-electron chi connectivity index (χ0n) is 16.6. The molecule has 0 aliphatic carbocycles. The van der Waals surface area contributed by atoms with E-state index in [1.807, 2.05) is 0 Å². The Bertz CT molecular complexity index is 1210. The number of hydrogen-bond acceptors (Lipinski definition) is 5. The fourth-order valence-electron chi connectivity index (χ4n) is 2.89. The second kappa shape index (κ2) is 9.65. The zero-order chi connectivity index (χ0) is 23.4. The van der Waals surface area contributed by atoms with Gasteiger partial charge in [0.2, 0.25) is 0 Å². The summed E-state index contributed by atoms with van der Waals surface area (Å²) in [7, 11) is 0. The summed E-state index contributed by atoms with van der Waals surface area (Å²) in [4.78, 5) is 16.1. The molecule has 1 heterocycles. The van der Waals surface area contributed by atoms with Crippen LogP contribution in [-0.4, -0.2) is 36.9 Å². The van der Waals surface area contributed by atoms with E-state index in [-0.39, 0.29) is 12.1 Å². The first-order chi connectivity index (χ1) is 15.2. The molecule has 0 aliphatic rings. The molecule has 0 unspecified atom stereocenters. The maximum atomic E-state index is 14.3. The van der Waals surface area contributed by atoms with Gasteiger partial charge in [-0.15, -0.1) is 5.10 Å². The van der Waals surface area contributed by atoms with Crippen LogP contribution >= 0.6 is 11.6 Å². The largest absolute Gasteiger partial charge is 0.506 e. The summed E-state index contributed by atoms with van der Waals surface area (Å²) in [5.74, 6) is -7.44. The SMILES string of the molecule is CCC(=Nc1ccc(Cn2ccnn2)cc1)C(C(=O)O)=C(O)c1cc(F)c(F)c(Cl)c1F. The Morgan fingerprint density at radius 1 is 1.16 bits per heavy atom. The lowest BCUT2D eigenvalue weighted by Gasteiger charge is -2.11. The Hall–Kier alpha value is -3.66. The van der Waals surface area contributed by atoms with Crippen LogP contribution in [0.25, 0.3) is 5.76 Å². The van der Waals surface area contributed by atoms with Crippen LogP contribution in [0, 0.1) is 17.5 Å². The summed E-state index contributed by atoms with van der Waals surface area (Å²) in [5, 5.41) is 26.4. The molecule has 0 aliphatic heterocycles. The number of carboxylic acid groups (broad SMARTS) is 1. The van der Waals surface area contributed by atoms with Gasteiger partial charge in [0.25, 0.3) is 0 Å². The van der Waals surface area contributed by atoms with Gasteiger partial charge in [-0.1, -0.05) is 35.9 Å². The van der Waals surface area contributed by atoms with Gasteiger partial charge in [0.05, 0.1) is 29.7 Å². The second-order valence-corrected chi connectivity index (χ2v) is 6.93. The van der Waals surface area contributed by atoms with Gasteiger partial charge in [-0.2, -0.15) is 0 Å². The monoisotopic (exact) mass is 464 g/mol. The van der Waals surface area contributed by atoms with Gasteiger partial charge in [-0.25, -0.2) is 22.6 Å². The van der Waals surface area contributed by atoms with Crippen molar-refractivity contribution in [2.24, 2.45) is 4.99 Å². The summed E-state index contributed by atoms with van der Waals surface area (Å²) in [6.07, 6.45) is 3.27. The third-order valence-corrected chi connectivity index (χ3v) is 4.78. The number of aliphatic carboxylic acids is 1. The van der Waals surface area contributed by atoms with Crippen molar-refractivity contribution in [2.45, 2.75) is 19.9 Å². The van der Waals surface area contributed by atoms with Gasteiger partial charge < -0.3 is 10.2 Å². The molecule has 7 nitrogen and oxygen atoms in total. The molecule has 0 spiro atoms. The van der Waals surface area contributed by atoms with E-state index in [1.54, 1.807) is 48.3 Å². The van der Waals surface area contributed by atoms with E-state index >= 15 is 0 Å². The van der Waals surface area contributed by atoms with Crippen molar-refractivity contribution < 1.29 is 28.2 Å². The number of carbonyl (C=O) groups is 1. The Kier molecular flexibility index (Phi) is 6.94. The molecule has 1 aromatic heterocycles. The molecule has 0 fully saturated rings. The lowest BCUT2D eigenvalue weighted by Crippen LogP contribution is -2.15. The zero-order valence-corrected chi connectivity index (χ0v) is 17.3. The predicted octanol–water partition coefficient (Wildman–Crippen LogP) is 4.93. The Balaban J connectivity index is 2.02. The van der Waals surface area contributed by atoms with E-state index in [9.17, 15) is 28.2 Å². The molecule has 2 N–H and O–H groups in total. The van der Waals surface area contributed by atoms with Crippen molar-refractivity contribution in [1.82, 2.24) is 15.0 Å². The Morgan fingerprint density at radius 3 is 2.41 bits per heavy atom. The molecule has 0 saturated carbocycles. The normalized spacial score (nSPS) is 12.6. The lowest BCUT2D eigenvalue weighted by atomic mass is 10.0. The highest BCUT2D eigenvalue weighted by Crippen LogP contribution is 2.30. The fraction of sp³-hybridized carbons (Fsp3) is 0.143. The number of nitrogens with zero attached hydrogens (tertiary/aromatic N) is 4. The van der Waals surface area contributed by atoms with Gasteiger partial charge in [-0.05, 0) is 30.2 Å². The van der Waals surface area contributed by atoms with E-state index < -0.39 is 45.3 Å². The van der Waals surface area contributed by atoms with Crippen molar-refractivity contribution >= 4 is 34.7 Å². The summed E-state index contributed by atoms with van der Waals surface area (Å²) in [5.41, 5.74) is -0.530. The smallest absolute Gasteiger partial charge is 0.341 e. The van der Waals surface area contributed by atoms with Gasteiger partial charge in [0.15, 0.2) is 17.5 Å². The first-order valence-electron chi connectivity index (χ1n) is 9.23. The minimum atomic E-state index is -1.65. The van der Waals surface area contributed by atoms with Gasteiger partial charge >= 0.3 is 5.97 Å². The van der Waals surface area contributed by atoms with E-state index in [0.29, 0.717) is 18.3 Å². The van der Waals surface area contributed by atoms with E-state index in [4.69, 9.17) is 11.6 Å². The van der Waals surface area contributed by atoms with Crippen LogP contribution in [0.5, 0.6) is 0 Å². The lowest BCUT2D eigenvalue weighted by molar-refractivity contribution is -0.132. The van der Waals surface area contributed by atoms with Crippen LogP contribution in [0.2, 0.25) is 5.02 Å². The molecule has 3 aromatic rings. The number of aliphatic imine (C=N–C) groups is 1. The Labute approximate surface area is 185 Å². The third-order valence-electron chi connectivity index (χ3n) is 4.45. The average molecular weight is 465 g/mol. The number of halogens is 4. The first kappa shape index (κ1) is 23.0. The second-order valence-electron chi connectivity index (χ2n) is 6.56. The summed E-state index contributed by atoms with van der Waals surface area (Å²) >= 11 is 5.41. The average Bonchev–Trinajstić information content (AvgIpc) is 3.28. The van der Waals surface area contributed by atoms with E-state index in [0.717, 1.165) is 5.56 Å². The van der Waals surface area contributed by atoms with Crippen molar-refractivity contribution in [3.63, 3.8) is 0 Å². The number of hydrogen-bond donors (Lipinski definition) is 2. The van der Waals surface area contributed by atoms with Crippen molar-refractivity contribution in [1.29, 1.82) is 0 Å². The predicted molar refractivity (Wildman–Crippen MR) is 111 cm³/mol. The van der Waals surface area contributed by atoms with Crippen molar-refractivity contribution in [2.75, 3.05) is 0 Å². The van der Waals surface area contributed by atoms with Crippen molar-refractivity contribution in [3.8, 4) is 0 Å². The molecular formula is C21H16ClF3N4O3. The number of aliphatic hydroxyl groups is 1. The first-order valence-corrected chi connectivity index (χ1v) is 9.61. The molecular weight excluding hydrogens is 449 g/mol. The van der Waals surface area contributed by atoms with Crippen LogP contribution in [-0.2, 0) is 11.3 Å². The van der Waals surface area contributed by atoms with Crippen LogP contribution in [0.1, 0.15) is 24.5 Å². The third kappa shape index (κ3) is 4.80. The molecule has 0 bridgehead atoms. The Morgan fingerprint density at radius 2 is 1.84 bits per heavy atom. The molecule has 166 valence electrons. The minimum Gasteiger partial charge on any atom is -0.506 e. The molecule has 11 heteroatoms. The van der Waals surface area contributed by atoms with Gasteiger partial charge in [-0.3, -0.25) is 4.99 Å². The molecule has 3 rings (SSSR count). The number of aromatic nitrogens is 3. The molecule has 0 saturated heterocycles. The number of benzene rings is 2. The minimum absolute atomic E-state index is 0.0332. The van der Waals surface area contributed by atoms with Gasteiger partial charge in [0.1, 0.15) is 16.4 Å². The number of carboxylic acids is 1. The van der Waals surface area contributed by atoms with Crippen molar-refractivity contribution in [3.05, 3.63) is 81.9 Å². The van der Waals surface area contributed by atoms with Crippen LogP contribution in [0.4, 0.5) is 18.9 Å². The quantitative estimate of drug-likeness (QED) is 0.170. The molecule has 0 atom stereocenters. The van der Waals surface area contributed by atoms with Crippen LogP contribution < -0.4 is 0 Å². The molecule has 2 aromatic carbocycles. The molecule has 32 heavy (non-hydrogen) atoms. The maximum Gasteiger partial charge on any atom is 0.341 e. The highest BCUT2D eigenvalue weighted by Gasteiger charge is 2.26.